The van der Waals surface area contributed by atoms with Crippen LogP contribution in [0.4, 0.5) is 0 Å². The second-order valence-corrected chi connectivity index (χ2v) is 9.09. The number of nitrogens with zero attached hydrogens (tertiary/aromatic N) is 2. The quantitative estimate of drug-likeness (QED) is 0.405. The number of hydrogen-bond donors (Lipinski definition) is 3. The fourth-order valence-corrected chi connectivity index (χ4v) is 4.05. The van der Waals surface area contributed by atoms with Crippen LogP contribution in [0.15, 0.2) is 29.3 Å². The molecular formula is C24H41N5O. The molecule has 2 unspecified atom stereocenters. The van der Waals surface area contributed by atoms with E-state index < -0.39 is 0 Å². The molecule has 2 atom stereocenters. The van der Waals surface area contributed by atoms with Gasteiger partial charge < -0.3 is 16.4 Å². The smallest absolute Gasteiger partial charge is 0.221 e. The van der Waals surface area contributed by atoms with Crippen molar-refractivity contribution in [3.8, 4) is 0 Å². The summed E-state index contributed by atoms with van der Waals surface area (Å²) in [4.78, 5) is 18.2. The van der Waals surface area contributed by atoms with E-state index in [1.165, 1.54) is 24.0 Å². The first-order chi connectivity index (χ1) is 14.4. The Bertz CT molecular complexity index is 688. The summed E-state index contributed by atoms with van der Waals surface area (Å²) in [5.74, 6) is 1.42. The van der Waals surface area contributed by atoms with Crippen LogP contribution < -0.4 is 16.4 Å². The van der Waals surface area contributed by atoms with E-state index in [9.17, 15) is 4.79 Å². The van der Waals surface area contributed by atoms with E-state index in [2.05, 4.69) is 65.6 Å². The van der Waals surface area contributed by atoms with Gasteiger partial charge in [-0.3, -0.25) is 14.7 Å². The molecule has 6 nitrogen and oxygen atoms in total. The molecule has 4 N–H and O–H groups in total. The number of guanidine groups is 1. The van der Waals surface area contributed by atoms with Crippen molar-refractivity contribution in [1.82, 2.24) is 15.5 Å². The highest BCUT2D eigenvalue weighted by Crippen LogP contribution is 2.18. The Hall–Kier alpha value is -2.08. The van der Waals surface area contributed by atoms with Gasteiger partial charge in [-0.15, -0.1) is 0 Å². The summed E-state index contributed by atoms with van der Waals surface area (Å²) in [6.45, 7) is 10.1. The largest absolute Gasteiger partial charge is 0.369 e. The van der Waals surface area contributed by atoms with Gasteiger partial charge in [0.05, 0.1) is 5.92 Å². The topological polar surface area (TPSA) is 82.8 Å². The number of carbonyl (C=O) groups is 1. The van der Waals surface area contributed by atoms with Crippen molar-refractivity contribution in [2.24, 2.45) is 22.6 Å². The molecule has 2 rings (SSSR count). The molecule has 0 radical (unpaired) electrons. The minimum Gasteiger partial charge on any atom is -0.369 e. The molecule has 1 heterocycles. The molecule has 1 aliphatic rings. The van der Waals surface area contributed by atoms with Gasteiger partial charge in [0.1, 0.15) is 0 Å². The predicted molar refractivity (Wildman–Crippen MR) is 125 cm³/mol. The predicted octanol–water partition coefficient (Wildman–Crippen LogP) is 3.26. The molecule has 1 saturated heterocycles. The summed E-state index contributed by atoms with van der Waals surface area (Å²) < 4.78 is 0. The molecule has 0 aliphatic carbocycles. The highest BCUT2D eigenvalue weighted by atomic mass is 16.1. The van der Waals surface area contributed by atoms with Gasteiger partial charge in [0.25, 0.3) is 0 Å². The summed E-state index contributed by atoms with van der Waals surface area (Å²) in [6.07, 6.45) is 5.60. The van der Waals surface area contributed by atoms with Crippen LogP contribution in [-0.4, -0.2) is 42.9 Å². The molecule has 1 aromatic carbocycles. The molecule has 30 heavy (non-hydrogen) atoms. The molecule has 1 aromatic rings. The van der Waals surface area contributed by atoms with Gasteiger partial charge in [-0.05, 0) is 49.8 Å². The molecule has 0 spiro atoms. The van der Waals surface area contributed by atoms with Crippen LogP contribution in [0.5, 0.6) is 0 Å². The number of benzene rings is 1. The number of aliphatic imine (C=N–C) groups is 1. The lowest BCUT2D eigenvalue weighted by molar-refractivity contribution is -0.123. The van der Waals surface area contributed by atoms with Crippen molar-refractivity contribution in [2.45, 2.75) is 72.0 Å². The third kappa shape index (κ3) is 8.74. The molecule has 0 aromatic heterocycles. The Morgan fingerprint density at radius 3 is 2.73 bits per heavy atom. The Morgan fingerprint density at radius 1 is 1.27 bits per heavy atom. The maximum Gasteiger partial charge on any atom is 0.221 e. The average Bonchev–Trinajstić information content (AvgIpc) is 2.71. The van der Waals surface area contributed by atoms with E-state index in [0.29, 0.717) is 6.04 Å². The lowest BCUT2D eigenvalue weighted by atomic mass is 9.97. The number of primary amides is 1. The molecule has 0 bridgehead atoms. The van der Waals surface area contributed by atoms with Crippen LogP contribution in [0.1, 0.15) is 64.0 Å². The Labute approximate surface area is 182 Å². The maximum atomic E-state index is 11.5. The number of piperidine rings is 1. The summed E-state index contributed by atoms with van der Waals surface area (Å²) in [7, 11) is 1.82. The first-order valence-electron chi connectivity index (χ1n) is 11.4. The standard InChI is InChI=1S/C24H41N5O/c1-18(2)8-5-9-19(3)28-24(26-4)27-15-20-10-6-11-21(14-20)16-29-13-7-12-22(17-29)23(25)30/h6,10-11,14,18-19,22H,5,7-9,12-13,15-17H2,1-4H3,(H2,25,30)(H2,26,27,28). The molecule has 1 amide bonds. The lowest BCUT2D eigenvalue weighted by Gasteiger charge is -2.31. The SMILES string of the molecule is CN=C(NCc1cccc(CN2CCCC(C(N)=O)C2)c1)NC(C)CCCC(C)C. The van der Waals surface area contributed by atoms with E-state index in [1.807, 2.05) is 7.05 Å². The van der Waals surface area contributed by atoms with Crippen LogP contribution in [0.3, 0.4) is 0 Å². The highest BCUT2D eigenvalue weighted by molar-refractivity contribution is 5.79. The van der Waals surface area contributed by atoms with E-state index in [4.69, 9.17) is 5.73 Å². The Kier molecular flexibility index (Phi) is 10.1. The van der Waals surface area contributed by atoms with E-state index >= 15 is 0 Å². The summed E-state index contributed by atoms with van der Waals surface area (Å²) >= 11 is 0. The minimum absolute atomic E-state index is 0.0134. The zero-order chi connectivity index (χ0) is 21.9. The number of nitrogens with one attached hydrogen (secondary N) is 2. The third-order valence-electron chi connectivity index (χ3n) is 5.79. The number of nitrogens with two attached hydrogens (primary N) is 1. The fraction of sp³-hybridized carbons (Fsp3) is 0.667. The van der Waals surface area contributed by atoms with Crippen LogP contribution in [-0.2, 0) is 17.9 Å². The van der Waals surface area contributed by atoms with Crippen molar-refractivity contribution in [3.05, 3.63) is 35.4 Å². The van der Waals surface area contributed by atoms with Crippen LogP contribution in [0, 0.1) is 11.8 Å². The maximum absolute atomic E-state index is 11.5. The zero-order valence-corrected chi connectivity index (χ0v) is 19.3. The first-order valence-corrected chi connectivity index (χ1v) is 11.4. The van der Waals surface area contributed by atoms with Gasteiger partial charge in [0.2, 0.25) is 5.91 Å². The van der Waals surface area contributed by atoms with E-state index in [0.717, 1.165) is 57.3 Å². The normalized spacial score (nSPS) is 19.0. The molecule has 168 valence electrons. The number of carbonyl (C=O) groups excluding carboxylic acids is 1. The van der Waals surface area contributed by atoms with Gasteiger partial charge in [0.15, 0.2) is 5.96 Å². The Morgan fingerprint density at radius 2 is 2.03 bits per heavy atom. The van der Waals surface area contributed by atoms with Gasteiger partial charge in [-0.1, -0.05) is 51.0 Å². The molecule has 0 saturated carbocycles. The number of rotatable bonds is 10. The second-order valence-electron chi connectivity index (χ2n) is 9.09. The average molecular weight is 416 g/mol. The highest BCUT2D eigenvalue weighted by Gasteiger charge is 2.23. The van der Waals surface area contributed by atoms with Crippen molar-refractivity contribution < 1.29 is 4.79 Å². The Balaban J connectivity index is 1.82. The first kappa shape index (κ1) is 24.2. The zero-order valence-electron chi connectivity index (χ0n) is 19.3. The van der Waals surface area contributed by atoms with Gasteiger partial charge in [-0.2, -0.15) is 0 Å². The third-order valence-corrected chi connectivity index (χ3v) is 5.79. The van der Waals surface area contributed by atoms with Gasteiger partial charge in [-0.25, -0.2) is 0 Å². The van der Waals surface area contributed by atoms with Gasteiger partial charge >= 0.3 is 0 Å². The van der Waals surface area contributed by atoms with Crippen molar-refractivity contribution in [2.75, 3.05) is 20.1 Å². The van der Waals surface area contributed by atoms with Crippen molar-refractivity contribution >= 4 is 11.9 Å². The van der Waals surface area contributed by atoms with E-state index in [1.54, 1.807) is 0 Å². The molecule has 1 aliphatic heterocycles. The monoisotopic (exact) mass is 415 g/mol. The lowest BCUT2D eigenvalue weighted by Crippen LogP contribution is -2.42. The summed E-state index contributed by atoms with van der Waals surface area (Å²) in [5, 5.41) is 6.93. The van der Waals surface area contributed by atoms with Crippen molar-refractivity contribution in [1.29, 1.82) is 0 Å². The number of hydrogen-bond acceptors (Lipinski definition) is 3. The van der Waals surface area contributed by atoms with Crippen LogP contribution in [0.25, 0.3) is 0 Å². The number of amides is 1. The van der Waals surface area contributed by atoms with Gasteiger partial charge in [0, 0.05) is 32.7 Å². The summed E-state index contributed by atoms with van der Waals surface area (Å²) in [6, 6.07) is 9.03. The molecule has 6 heteroatoms. The summed E-state index contributed by atoms with van der Waals surface area (Å²) in [5.41, 5.74) is 8.01. The van der Waals surface area contributed by atoms with Crippen LogP contribution in [0.2, 0.25) is 0 Å². The number of likely N-dealkylation sites (tertiary alicyclic amines) is 1. The minimum atomic E-state index is -0.171. The molecule has 1 fully saturated rings. The molecular weight excluding hydrogens is 374 g/mol. The second kappa shape index (κ2) is 12.6. The van der Waals surface area contributed by atoms with Crippen LogP contribution >= 0.6 is 0 Å². The van der Waals surface area contributed by atoms with Crippen molar-refractivity contribution in [3.63, 3.8) is 0 Å². The fourth-order valence-electron chi connectivity index (χ4n) is 4.05. The van der Waals surface area contributed by atoms with E-state index in [-0.39, 0.29) is 11.8 Å².